The average molecular weight is 657 g/mol. The molecule has 0 aromatic carbocycles. The largest absolute Gasteiger partial charge is 0.381 e. The molecule has 0 N–H and O–H groups in total. The highest BCUT2D eigenvalue weighted by Crippen LogP contribution is 2.11. The van der Waals surface area contributed by atoms with E-state index in [1.807, 2.05) is 0 Å². The van der Waals surface area contributed by atoms with Crippen LogP contribution in [0.4, 0.5) is 0 Å². The highest BCUT2D eigenvalue weighted by atomic mass is 16.5. The Morgan fingerprint density at radius 3 is 0.851 bits per heavy atom. The summed E-state index contributed by atoms with van der Waals surface area (Å²) in [6, 6.07) is 0. The van der Waals surface area contributed by atoms with Crippen LogP contribution in [0.1, 0.15) is 180 Å². The van der Waals surface area contributed by atoms with Crippen molar-refractivity contribution >= 4 is 0 Å². The highest BCUT2D eigenvalue weighted by molar-refractivity contribution is 4.93. The van der Waals surface area contributed by atoms with Gasteiger partial charge in [-0.25, -0.2) is 0 Å². The number of unbranched alkanes of at least 4 members (excludes halogenated alkanes) is 22. The molecule has 0 spiro atoms. The Morgan fingerprint density at radius 2 is 0.553 bits per heavy atom. The predicted octanol–water partition coefficient (Wildman–Crippen LogP) is 13.3. The first-order valence-corrected chi connectivity index (χ1v) is 20.6. The fourth-order valence-electron chi connectivity index (χ4n) is 5.90. The van der Waals surface area contributed by atoms with Gasteiger partial charge in [-0.1, -0.05) is 138 Å². The van der Waals surface area contributed by atoms with E-state index in [2.05, 4.69) is 86.6 Å². The molecule has 0 amide bonds. The molecule has 0 radical (unpaired) electrons. The Balaban J connectivity index is 3.20. The zero-order valence-electron chi connectivity index (χ0n) is 32.5. The van der Waals surface area contributed by atoms with Gasteiger partial charge in [-0.15, -0.1) is 0 Å². The van der Waals surface area contributed by atoms with Gasteiger partial charge >= 0.3 is 0 Å². The number of hydrogen-bond acceptors (Lipinski definition) is 3. The number of rotatable bonds is 38. The van der Waals surface area contributed by atoms with E-state index in [-0.39, 0.29) is 0 Å². The molecule has 3 nitrogen and oxygen atoms in total. The lowest BCUT2D eigenvalue weighted by atomic mass is 10.1. The summed E-state index contributed by atoms with van der Waals surface area (Å²) in [5, 5.41) is 0. The van der Waals surface area contributed by atoms with Crippen LogP contribution in [-0.2, 0) is 4.74 Å². The molecule has 0 atom stereocenters. The summed E-state index contributed by atoms with van der Waals surface area (Å²) in [6.45, 7) is 4.40. The quantitative estimate of drug-likeness (QED) is 0.0486. The van der Waals surface area contributed by atoms with Gasteiger partial charge in [0, 0.05) is 13.2 Å². The van der Waals surface area contributed by atoms with E-state index >= 15 is 0 Å². The van der Waals surface area contributed by atoms with Crippen molar-refractivity contribution in [2.24, 2.45) is 0 Å². The summed E-state index contributed by atoms with van der Waals surface area (Å²) in [5.74, 6) is 0. The summed E-state index contributed by atoms with van der Waals surface area (Å²) in [5.41, 5.74) is 0. The Hall–Kier alpha value is -1.16. The summed E-state index contributed by atoms with van der Waals surface area (Å²) in [7, 11) is 8.66. The molecule has 0 aliphatic rings. The van der Waals surface area contributed by atoms with Crippen LogP contribution >= 0.6 is 0 Å². The van der Waals surface area contributed by atoms with Crippen molar-refractivity contribution in [2.75, 3.05) is 54.5 Å². The third-order valence-electron chi connectivity index (χ3n) is 8.98. The van der Waals surface area contributed by atoms with Gasteiger partial charge in [0.2, 0.25) is 0 Å². The van der Waals surface area contributed by atoms with Crippen molar-refractivity contribution in [3.63, 3.8) is 0 Å². The molecule has 0 bridgehead atoms. The van der Waals surface area contributed by atoms with E-state index in [9.17, 15) is 0 Å². The van der Waals surface area contributed by atoms with Gasteiger partial charge in [-0.05, 0) is 131 Å². The molecule has 47 heavy (non-hydrogen) atoms. The van der Waals surface area contributed by atoms with Crippen molar-refractivity contribution in [1.29, 1.82) is 0 Å². The topological polar surface area (TPSA) is 15.7 Å². The Kier molecular flexibility index (Phi) is 40.0. The first kappa shape index (κ1) is 45.8. The number of allylic oxidation sites excluding steroid dienone is 8. The maximum atomic E-state index is 5.88. The van der Waals surface area contributed by atoms with Gasteiger partial charge in [-0.2, -0.15) is 0 Å². The van der Waals surface area contributed by atoms with E-state index in [1.165, 1.54) is 180 Å². The molecular weight excluding hydrogens is 572 g/mol. The molecule has 0 heterocycles. The summed E-state index contributed by atoms with van der Waals surface area (Å²) in [6.07, 6.45) is 56.0. The van der Waals surface area contributed by atoms with E-state index < -0.39 is 0 Å². The van der Waals surface area contributed by atoms with Crippen molar-refractivity contribution in [1.82, 2.24) is 9.80 Å². The van der Waals surface area contributed by atoms with E-state index in [1.54, 1.807) is 0 Å². The normalized spacial score (nSPS) is 12.6. The molecule has 0 aliphatic heterocycles. The van der Waals surface area contributed by atoms with E-state index in [0.29, 0.717) is 0 Å². The van der Waals surface area contributed by atoms with Crippen molar-refractivity contribution in [2.45, 2.75) is 180 Å². The number of ether oxygens (including phenoxy) is 1. The molecule has 0 fully saturated rings. The molecule has 0 rings (SSSR count). The average Bonchev–Trinajstić information content (AvgIpc) is 3.05. The monoisotopic (exact) mass is 657 g/mol. The number of hydrogen-bond donors (Lipinski definition) is 0. The minimum atomic E-state index is 0.964. The maximum Gasteiger partial charge on any atom is 0.0466 e. The summed E-state index contributed by atoms with van der Waals surface area (Å²) in [4.78, 5) is 4.57. The summed E-state index contributed by atoms with van der Waals surface area (Å²) >= 11 is 0. The Labute approximate surface area is 296 Å². The second-order valence-electron chi connectivity index (χ2n) is 14.5. The van der Waals surface area contributed by atoms with E-state index in [4.69, 9.17) is 4.74 Å². The Bertz CT molecular complexity index is 635. The van der Waals surface area contributed by atoms with E-state index in [0.717, 1.165) is 26.1 Å². The van der Waals surface area contributed by atoms with Gasteiger partial charge in [0.15, 0.2) is 0 Å². The minimum absolute atomic E-state index is 0.964. The lowest BCUT2D eigenvalue weighted by molar-refractivity contribution is 0.125. The zero-order valence-corrected chi connectivity index (χ0v) is 32.5. The zero-order chi connectivity index (χ0) is 34.1. The van der Waals surface area contributed by atoms with Crippen LogP contribution < -0.4 is 0 Å². The van der Waals surface area contributed by atoms with Crippen LogP contribution in [0, 0.1) is 0 Å². The molecular formula is C44H84N2O. The molecule has 0 aliphatic carbocycles. The summed E-state index contributed by atoms with van der Waals surface area (Å²) < 4.78 is 5.88. The smallest absolute Gasteiger partial charge is 0.0466 e. The van der Waals surface area contributed by atoms with Gasteiger partial charge in [0.05, 0.1) is 0 Å². The first-order valence-electron chi connectivity index (χ1n) is 20.6. The fraction of sp³-hybridized carbons (Fsp3) is 0.818. The van der Waals surface area contributed by atoms with Crippen LogP contribution in [0.3, 0.4) is 0 Å². The fourth-order valence-corrected chi connectivity index (χ4v) is 5.90. The Morgan fingerprint density at radius 1 is 0.298 bits per heavy atom. The second-order valence-corrected chi connectivity index (χ2v) is 14.5. The molecule has 0 saturated heterocycles. The standard InChI is InChI=1S/C44H84N2O/c1-45(2)41-37-33-29-25-21-17-13-9-5-7-11-15-19-23-27-31-35-39-43-47-44-40-36-32-28-24-20-16-12-8-6-10-14-18-22-26-30-34-38-42-46(3)4/h7-14H,5-6,15-44H2,1-4H3/b11-7-,12-8-,13-9-,14-10-. The van der Waals surface area contributed by atoms with Crippen molar-refractivity contribution in [3.8, 4) is 0 Å². The van der Waals surface area contributed by atoms with Crippen LogP contribution in [0.25, 0.3) is 0 Å². The SMILES string of the molecule is CN(C)CCCCCCC/C=C\C/C=C\CCCCCCCCOCCCCCCCC/C=C\C/C=C\CCCCCCCN(C)C. The lowest BCUT2D eigenvalue weighted by Crippen LogP contribution is -2.12. The molecule has 3 heteroatoms. The van der Waals surface area contributed by atoms with Gasteiger partial charge in [0.25, 0.3) is 0 Å². The third kappa shape index (κ3) is 44.8. The van der Waals surface area contributed by atoms with Crippen LogP contribution in [-0.4, -0.2) is 64.3 Å². The van der Waals surface area contributed by atoms with Crippen LogP contribution in [0.2, 0.25) is 0 Å². The van der Waals surface area contributed by atoms with Crippen molar-refractivity contribution < 1.29 is 4.74 Å². The lowest BCUT2D eigenvalue weighted by Gasteiger charge is -2.08. The van der Waals surface area contributed by atoms with Crippen LogP contribution in [0.15, 0.2) is 48.6 Å². The first-order chi connectivity index (χ1) is 23.1. The molecule has 276 valence electrons. The van der Waals surface area contributed by atoms with Gasteiger partial charge in [0.1, 0.15) is 0 Å². The van der Waals surface area contributed by atoms with Gasteiger partial charge < -0.3 is 14.5 Å². The maximum absolute atomic E-state index is 5.88. The van der Waals surface area contributed by atoms with Gasteiger partial charge in [-0.3, -0.25) is 0 Å². The third-order valence-corrected chi connectivity index (χ3v) is 8.98. The van der Waals surface area contributed by atoms with Crippen molar-refractivity contribution in [3.05, 3.63) is 48.6 Å². The molecule has 0 unspecified atom stereocenters. The molecule has 0 aromatic heterocycles. The second kappa shape index (κ2) is 41.0. The van der Waals surface area contributed by atoms with Crippen LogP contribution in [0.5, 0.6) is 0 Å². The molecule has 0 aromatic rings. The molecule has 0 saturated carbocycles. The number of nitrogens with zero attached hydrogens (tertiary/aromatic N) is 2. The predicted molar refractivity (Wildman–Crippen MR) is 214 cm³/mol. The highest BCUT2D eigenvalue weighted by Gasteiger charge is 1.95. The minimum Gasteiger partial charge on any atom is -0.381 e.